The van der Waals surface area contributed by atoms with Crippen molar-refractivity contribution in [1.29, 1.82) is 0 Å². The van der Waals surface area contributed by atoms with Crippen molar-refractivity contribution < 1.29 is 27.5 Å². The predicted molar refractivity (Wildman–Crippen MR) is 96.1 cm³/mol. The van der Waals surface area contributed by atoms with Gasteiger partial charge in [0.1, 0.15) is 5.75 Å². The van der Waals surface area contributed by atoms with Crippen molar-refractivity contribution in [2.24, 2.45) is 0 Å². The third-order valence-electron chi connectivity index (χ3n) is 3.28. The van der Waals surface area contributed by atoms with Crippen LogP contribution in [0.1, 0.15) is 17.3 Å². The minimum absolute atomic E-state index is 0.0256. The molecule has 0 saturated carbocycles. The van der Waals surface area contributed by atoms with Gasteiger partial charge < -0.3 is 14.8 Å². The van der Waals surface area contributed by atoms with Gasteiger partial charge in [-0.25, -0.2) is 13.2 Å². The zero-order valence-electron chi connectivity index (χ0n) is 14.4. The van der Waals surface area contributed by atoms with E-state index in [1.807, 2.05) is 0 Å². The Morgan fingerprint density at radius 3 is 2.50 bits per heavy atom. The number of esters is 1. The quantitative estimate of drug-likeness (QED) is 0.743. The van der Waals surface area contributed by atoms with E-state index in [9.17, 15) is 18.0 Å². The molecule has 0 aliphatic carbocycles. The first-order valence-electron chi connectivity index (χ1n) is 7.80. The van der Waals surface area contributed by atoms with Crippen LogP contribution in [0.3, 0.4) is 0 Å². The van der Waals surface area contributed by atoms with Gasteiger partial charge >= 0.3 is 5.97 Å². The molecular weight excluding hydrogens is 358 g/mol. The number of carbonyl (C=O) groups excluding carboxylic acids is 2. The minimum Gasteiger partial charge on any atom is -0.484 e. The smallest absolute Gasteiger partial charge is 0.338 e. The summed E-state index contributed by atoms with van der Waals surface area (Å²) in [5.41, 5.74) is 0.496. The molecule has 0 spiro atoms. The van der Waals surface area contributed by atoms with E-state index in [0.717, 1.165) is 6.26 Å². The lowest BCUT2D eigenvalue weighted by molar-refractivity contribution is -0.118. The monoisotopic (exact) mass is 377 g/mol. The van der Waals surface area contributed by atoms with Crippen LogP contribution in [0.5, 0.6) is 5.75 Å². The molecule has 0 aliphatic heterocycles. The largest absolute Gasteiger partial charge is 0.484 e. The fourth-order valence-electron chi connectivity index (χ4n) is 2.16. The number of hydrogen-bond donors (Lipinski definition) is 1. The first-order chi connectivity index (χ1) is 12.3. The summed E-state index contributed by atoms with van der Waals surface area (Å²) in [5, 5.41) is 2.51. The van der Waals surface area contributed by atoms with Gasteiger partial charge in [0.15, 0.2) is 16.4 Å². The lowest BCUT2D eigenvalue weighted by Crippen LogP contribution is -2.21. The van der Waals surface area contributed by atoms with Crippen molar-refractivity contribution in [3.05, 3.63) is 54.1 Å². The molecule has 7 nitrogen and oxygen atoms in total. The highest BCUT2D eigenvalue weighted by Gasteiger charge is 2.15. The van der Waals surface area contributed by atoms with Gasteiger partial charge in [-0.3, -0.25) is 4.79 Å². The molecule has 0 unspecified atom stereocenters. The Morgan fingerprint density at radius 2 is 1.81 bits per heavy atom. The van der Waals surface area contributed by atoms with E-state index in [1.54, 1.807) is 37.3 Å². The summed E-state index contributed by atoms with van der Waals surface area (Å²) in [6.07, 6.45) is 1.06. The second-order valence-corrected chi connectivity index (χ2v) is 7.34. The number of carbonyl (C=O) groups is 2. The predicted octanol–water partition coefficient (Wildman–Crippen LogP) is 2.28. The van der Waals surface area contributed by atoms with Crippen molar-refractivity contribution in [2.45, 2.75) is 11.8 Å². The molecule has 138 valence electrons. The van der Waals surface area contributed by atoms with Gasteiger partial charge in [0, 0.05) is 6.26 Å². The van der Waals surface area contributed by atoms with Gasteiger partial charge in [-0.2, -0.15) is 0 Å². The SMILES string of the molecule is CCOC(=O)c1cccc(OCC(=O)Nc2ccccc2S(C)(=O)=O)c1. The van der Waals surface area contributed by atoms with Crippen LogP contribution in [-0.4, -0.2) is 39.8 Å². The van der Waals surface area contributed by atoms with E-state index in [-0.39, 0.29) is 23.8 Å². The highest BCUT2D eigenvalue weighted by atomic mass is 32.2. The molecule has 0 heterocycles. The number of amides is 1. The maximum atomic E-state index is 12.1. The number of ether oxygens (including phenoxy) is 2. The summed E-state index contributed by atoms with van der Waals surface area (Å²) >= 11 is 0. The Hall–Kier alpha value is -2.87. The first kappa shape index (κ1) is 19.5. The molecule has 8 heteroatoms. The van der Waals surface area contributed by atoms with Gasteiger partial charge in [-0.15, -0.1) is 0 Å². The molecule has 0 saturated heterocycles. The number of nitrogens with one attached hydrogen (secondary N) is 1. The van der Waals surface area contributed by atoms with Gasteiger partial charge in [0.05, 0.1) is 22.8 Å². The zero-order valence-corrected chi connectivity index (χ0v) is 15.2. The van der Waals surface area contributed by atoms with Crippen LogP contribution in [0.4, 0.5) is 5.69 Å². The van der Waals surface area contributed by atoms with Crippen LogP contribution in [0, 0.1) is 0 Å². The maximum Gasteiger partial charge on any atom is 0.338 e. The second-order valence-electron chi connectivity index (χ2n) is 5.35. The van der Waals surface area contributed by atoms with Gasteiger partial charge in [0.25, 0.3) is 5.91 Å². The molecular formula is C18H19NO6S. The van der Waals surface area contributed by atoms with E-state index < -0.39 is 21.7 Å². The Labute approximate surface area is 151 Å². The molecule has 1 amide bonds. The van der Waals surface area contributed by atoms with Crippen LogP contribution in [0.15, 0.2) is 53.4 Å². The molecule has 2 rings (SSSR count). The van der Waals surface area contributed by atoms with Gasteiger partial charge in [0.2, 0.25) is 0 Å². The molecule has 0 aliphatic rings. The van der Waals surface area contributed by atoms with E-state index in [0.29, 0.717) is 11.3 Å². The second kappa shape index (κ2) is 8.48. The van der Waals surface area contributed by atoms with Crippen molar-refractivity contribution in [2.75, 3.05) is 24.8 Å². The van der Waals surface area contributed by atoms with Crippen molar-refractivity contribution >= 4 is 27.4 Å². The summed E-state index contributed by atoms with van der Waals surface area (Å²) in [7, 11) is -3.47. The summed E-state index contributed by atoms with van der Waals surface area (Å²) in [4.78, 5) is 23.8. The zero-order chi connectivity index (χ0) is 19.2. The number of hydrogen-bond acceptors (Lipinski definition) is 6. The van der Waals surface area contributed by atoms with Crippen LogP contribution in [-0.2, 0) is 19.4 Å². The van der Waals surface area contributed by atoms with E-state index in [4.69, 9.17) is 9.47 Å². The number of sulfone groups is 1. The van der Waals surface area contributed by atoms with Crippen molar-refractivity contribution in [3.8, 4) is 5.75 Å². The molecule has 2 aromatic rings. The highest BCUT2D eigenvalue weighted by molar-refractivity contribution is 7.90. The standard InChI is InChI=1S/C18H19NO6S/c1-3-24-18(21)13-7-6-8-14(11-13)25-12-17(20)19-15-9-4-5-10-16(15)26(2,22)23/h4-11H,3,12H2,1-2H3,(H,19,20). The number of para-hydroxylation sites is 1. The maximum absolute atomic E-state index is 12.1. The average Bonchev–Trinajstić information content (AvgIpc) is 2.60. The lowest BCUT2D eigenvalue weighted by atomic mass is 10.2. The third-order valence-corrected chi connectivity index (χ3v) is 4.43. The normalized spacial score (nSPS) is 10.8. The molecule has 0 bridgehead atoms. The molecule has 26 heavy (non-hydrogen) atoms. The highest BCUT2D eigenvalue weighted by Crippen LogP contribution is 2.20. The average molecular weight is 377 g/mol. The lowest BCUT2D eigenvalue weighted by Gasteiger charge is -2.11. The molecule has 0 radical (unpaired) electrons. The van der Waals surface area contributed by atoms with Crippen LogP contribution < -0.4 is 10.1 Å². The topological polar surface area (TPSA) is 98.8 Å². The van der Waals surface area contributed by atoms with Crippen LogP contribution in [0.2, 0.25) is 0 Å². The Balaban J connectivity index is 2.02. The van der Waals surface area contributed by atoms with E-state index >= 15 is 0 Å². The summed E-state index contributed by atoms with van der Waals surface area (Å²) in [6, 6.07) is 12.4. The summed E-state index contributed by atoms with van der Waals surface area (Å²) in [6.45, 7) is 1.62. The van der Waals surface area contributed by atoms with E-state index in [1.165, 1.54) is 18.2 Å². The molecule has 0 atom stereocenters. The number of benzene rings is 2. The molecule has 1 N–H and O–H groups in total. The van der Waals surface area contributed by atoms with E-state index in [2.05, 4.69) is 5.32 Å². The Kier molecular flexibility index (Phi) is 6.35. The van der Waals surface area contributed by atoms with Gasteiger partial charge in [-0.05, 0) is 37.3 Å². The number of rotatable bonds is 7. The fraction of sp³-hybridized carbons (Fsp3) is 0.222. The van der Waals surface area contributed by atoms with Crippen LogP contribution >= 0.6 is 0 Å². The minimum atomic E-state index is -3.47. The molecule has 0 fully saturated rings. The summed E-state index contributed by atoms with van der Waals surface area (Å²) < 4.78 is 33.8. The first-order valence-corrected chi connectivity index (χ1v) is 9.69. The molecule has 2 aromatic carbocycles. The van der Waals surface area contributed by atoms with Crippen molar-refractivity contribution in [1.82, 2.24) is 0 Å². The summed E-state index contributed by atoms with van der Waals surface area (Å²) in [5.74, 6) is -0.686. The van der Waals surface area contributed by atoms with Crippen molar-refractivity contribution in [3.63, 3.8) is 0 Å². The van der Waals surface area contributed by atoms with Gasteiger partial charge in [-0.1, -0.05) is 18.2 Å². The Bertz CT molecular complexity index is 907. The Morgan fingerprint density at radius 1 is 1.08 bits per heavy atom. The van der Waals surface area contributed by atoms with Crippen LogP contribution in [0.25, 0.3) is 0 Å². The number of anilines is 1. The fourth-order valence-corrected chi connectivity index (χ4v) is 3.00. The third kappa shape index (κ3) is 5.32. The molecule has 0 aromatic heterocycles.